The van der Waals surface area contributed by atoms with Gasteiger partial charge in [0.15, 0.2) is 5.96 Å². The van der Waals surface area contributed by atoms with Gasteiger partial charge in [-0.1, -0.05) is 30.3 Å². The van der Waals surface area contributed by atoms with Gasteiger partial charge in [0, 0.05) is 38.4 Å². The van der Waals surface area contributed by atoms with Crippen LogP contribution in [0.1, 0.15) is 24.0 Å². The normalized spacial score (nSPS) is 12.9. The van der Waals surface area contributed by atoms with Gasteiger partial charge in [0.2, 0.25) is 0 Å². The summed E-state index contributed by atoms with van der Waals surface area (Å²) in [5.41, 5.74) is 2.30. The lowest BCUT2D eigenvalue weighted by atomic mass is 10.0. The minimum absolute atomic E-state index is 0.0526. The Morgan fingerprint density at radius 1 is 1.22 bits per heavy atom. The molecule has 2 aromatic rings. The Morgan fingerprint density at radius 3 is 2.61 bits per heavy atom. The van der Waals surface area contributed by atoms with E-state index in [9.17, 15) is 5.11 Å². The molecule has 5 heteroatoms. The van der Waals surface area contributed by atoms with Gasteiger partial charge in [-0.15, -0.1) is 0 Å². The Bertz CT molecular complexity index is 606. The van der Waals surface area contributed by atoms with Crippen molar-refractivity contribution >= 4 is 5.96 Å². The van der Waals surface area contributed by atoms with Crippen LogP contribution in [0.4, 0.5) is 0 Å². The van der Waals surface area contributed by atoms with Gasteiger partial charge in [-0.05, 0) is 24.1 Å². The standard InChI is InChI=1S/C18H26N4O/c1-3-19-18(20-11-15-9-10-22(2)13-15)21-12-17(14-23)16-7-5-4-6-8-16/h4-10,13,17,23H,3,11-12,14H2,1-2H3,(H2,19,20,21). The van der Waals surface area contributed by atoms with Gasteiger partial charge in [-0.25, -0.2) is 4.99 Å². The van der Waals surface area contributed by atoms with Gasteiger partial charge in [0.05, 0.1) is 13.2 Å². The monoisotopic (exact) mass is 314 g/mol. The molecule has 0 saturated carbocycles. The van der Waals surface area contributed by atoms with Crippen LogP contribution in [-0.2, 0) is 13.6 Å². The van der Waals surface area contributed by atoms with Crippen molar-refractivity contribution in [3.63, 3.8) is 0 Å². The van der Waals surface area contributed by atoms with Crippen LogP contribution in [-0.4, -0.2) is 35.3 Å². The van der Waals surface area contributed by atoms with E-state index in [0.717, 1.165) is 18.1 Å². The molecular formula is C18H26N4O. The second kappa shape index (κ2) is 9.00. The largest absolute Gasteiger partial charge is 0.396 e. The molecule has 0 aliphatic heterocycles. The maximum Gasteiger partial charge on any atom is 0.191 e. The van der Waals surface area contributed by atoms with Crippen LogP contribution in [0.3, 0.4) is 0 Å². The maximum absolute atomic E-state index is 9.63. The molecule has 0 spiro atoms. The molecule has 0 radical (unpaired) electrons. The molecule has 0 fully saturated rings. The second-order valence-electron chi connectivity index (χ2n) is 5.55. The molecule has 0 amide bonds. The Kier molecular flexibility index (Phi) is 6.69. The predicted molar refractivity (Wildman–Crippen MR) is 94.5 cm³/mol. The number of aliphatic hydroxyl groups excluding tert-OH is 1. The number of benzene rings is 1. The molecule has 0 bridgehead atoms. The number of aliphatic hydroxyl groups is 1. The molecule has 1 aromatic carbocycles. The highest BCUT2D eigenvalue weighted by atomic mass is 16.3. The van der Waals surface area contributed by atoms with E-state index in [-0.39, 0.29) is 12.5 Å². The summed E-state index contributed by atoms with van der Waals surface area (Å²) in [5, 5.41) is 16.2. The number of nitrogens with one attached hydrogen (secondary N) is 2. The van der Waals surface area contributed by atoms with Crippen molar-refractivity contribution in [2.24, 2.45) is 12.0 Å². The lowest BCUT2D eigenvalue weighted by Crippen LogP contribution is -2.39. The third-order valence-corrected chi connectivity index (χ3v) is 3.66. The number of rotatable bonds is 7. The molecular weight excluding hydrogens is 288 g/mol. The summed E-state index contributed by atoms with van der Waals surface area (Å²) in [4.78, 5) is 4.60. The number of hydrogen-bond donors (Lipinski definition) is 3. The Morgan fingerprint density at radius 2 is 2.00 bits per heavy atom. The fourth-order valence-electron chi connectivity index (χ4n) is 2.40. The fraction of sp³-hybridized carbons (Fsp3) is 0.389. The molecule has 1 atom stereocenters. The van der Waals surface area contributed by atoms with E-state index in [4.69, 9.17) is 0 Å². The zero-order valence-electron chi connectivity index (χ0n) is 13.9. The Labute approximate surface area is 138 Å². The highest BCUT2D eigenvalue weighted by molar-refractivity contribution is 5.79. The van der Waals surface area contributed by atoms with E-state index in [2.05, 4.69) is 27.9 Å². The predicted octanol–water partition coefficient (Wildman–Crippen LogP) is 1.86. The molecule has 0 aliphatic carbocycles. The molecule has 124 valence electrons. The highest BCUT2D eigenvalue weighted by Gasteiger charge is 2.10. The summed E-state index contributed by atoms with van der Waals surface area (Å²) in [6.07, 6.45) is 4.08. The minimum Gasteiger partial charge on any atom is -0.396 e. The van der Waals surface area contributed by atoms with Gasteiger partial charge in [0.1, 0.15) is 0 Å². The molecule has 0 aliphatic rings. The molecule has 23 heavy (non-hydrogen) atoms. The summed E-state index contributed by atoms with van der Waals surface area (Å²) in [6, 6.07) is 12.1. The van der Waals surface area contributed by atoms with Crippen LogP contribution in [0.2, 0.25) is 0 Å². The number of guanidine groups is 1. The number of aliphatic imine (C=N–C) groups is 1. The summed E-state index contributed by atoms with van der Waals surface area (Å²) in [6.45, 7) is 4.22. The van der Waals surface area contributed by atoms with Crippen LogP contribution < -0.4 is 10.6 Å². The first-order chi connectivity index (χ1) is 11.2. The number of nitrogens with zero attached hydrogens (tertiary/aromatic N) is 2. The maximum atomic E-state index is 9.63. The molecule has 1 unspecified atom stereocenters. The van der Waals surface area contributed by atoms with Crippen molar-refractivity contribution in [2.75, 3.05) is 19.7 Å². The third kappa shape index (κ3) is 5.45. The molecule has 1 aromatic heterocycles. The first-order valence-corrected chi connectivity index (χ1v) is 8.01. The van der Waals surface area contributed by atoms with Crippen LogP contribution in [0.25, 0.3) is 0 Å². The van der Waals surface area contributed by atoms with Crippen molar-refractivity contribution in [3.8, 4) is 0 Å². The van der Waals surface area contributed by atoms with Crippen molar-refractivity contribution in [2.45, 2.75) is 19.4 Å². The summed E-state index contributed by atoms with van der Waals surface area (Å²) >= 11 is 0. The lowest BCUT2D eigenvalue weighted by Gasteiger charge is -2.18. The van der Waals surface area contributed by atoms with Gasteiger partial charge in [-0.3, -0.25) is 0 Å². The zero-order chi connectivity index (χ0) is 16.5. The Balaban J connectivity index is 1.95. The van der Waals surface area contributed by atoms with Crippen LogP contribution in [0, 0.1) is 0 Å². The summed E-state index contributed by atoms with van der Waals surface area (Å²) in [5.74, 6) is 0.822. The first kappa shape index (κ1) is 17.1. The van der Waals surface area contributed by atoms with Crippen LogP contribution in [0.5, 0.6) is 0 Å². The van der Waals surface area contributed by atoms with Gasteiger partial charge in [-0.2, -0.15) is 0 Å². The van der Waals surface area contributed by atoms with E-state index in [1.54, 1.807) is 0 Å². The number of hydrogen-bond acceptors (Lipinski definition) is 2. The molecule has 0 saturated heterocycles. The van der Waals surface area contributed by atoms with E-state index < -0.39 is 0 Å². The Hall–Kier alpha value is -2.27. The van der Waals surface area contributed by atoms with Crippen LogP contribution in [0.15, 0.2) is 53.8 Å². The second-order valence-corrected chi connectivity index (χ2v) is 5.55. The number of aryl methyl sites for hydroxylation is 1. The fourth-order valence-corrected chi connectivity index (χ4v) is 2.40. The van der Waals surface area contributed by atoms with E-state index in [1.807, 2.05) is 55.1 Å². The average Bonchev–Trinajstić information content (AvgIpc) is 2.99. The van der Waals surface area contributed by atoms with Crippen molar-refractivity contribution in [1.29, 1.82) is 0 Å². The molecule has 1 heterocycles. The zero-order valence-corrected chi connectivity index (χ0v) is 13.9. The summed E-state index contributed by atoms with van der Waals surface area (Å²) in [7, 11) is 2.00. The smallest absolute Gasteiger partial charge is 0.191 e. The lowest BCUT2D eigenvalue weighted by molar-refractivity contribution is 0.265. The van der Waals surface area contributed by atoms with Gasteiger partial charge >= 0.3 is 0 Å². The van der Waals surface area contributed by atoms with Crippen molar-refractivity contribution in [1.82, 2.24) is 15.2 Å². The molecule has 5 nitrogen and oxygen atoms in total. The van der Waals surface area contributed by atoms with Gasteiger partial charge in [0.25, 0.3) is 0 Å². The SMILES string of the molecule is CCNC(=NCc1ccn(C)c1)NCC(CO)c1ccccc1. The van der Waals surface area contributed by atoms with E-state index >= 15 is 0 Å². The highest BCUT2D eigenvalue weighted by Crippen LogP contribution is 2.13. The van der Waals surface area contributed by atoms with Gasteiger partial charge < -0.3 is 20.3 Å². The molecule has 2 rings (SSSR count). The first-order valence-electron chi connectivity index (χ1n) is 8.01. The topological polar surface area (TPSA) is 61.6 Å². The quantitative estimate of drug-likeness (QED) is 0.540. The average molecular weight is 314 g/mol. The van der Waals surface area contributed by atoms with Crippen molar-refractivity contribution < 1.29 is 5.11 Å². The van der Waals surface area contributed by atoms with E-state index in [0.29, 0.717) is 13.1 Å². The minimum atomic E-state index is 0.0526. The van der Waals surface area contributed by atoms with Crippen molar-refractivity contribution in [3.05, 3.63) is 59.9 Å². The molecule has 3 N–H and O–H groups in total. The summed E-state index contributed by atoms with van der Waals surface area (Å²) < 4.78 is 2.02. The van der Waals surface area contributed by atoms with E-state index in [1.165, 1.54) is 5.56 Å². The van der Waals surface area contributed by atoms with Crippen LogP contribution >= 0.6 is 0 Å². The number of aromatic nitrogens is 1. The third-order valence-electron chi connectivity index (χ3n) is 3.66.